The molecule has 0 spiro atoms. The Hall–Kier alpha value is -0.120. The van der Waals surface area contributed by atoms with Crippen molar-refractivity contribution in [2.45, 2.75) is 26.8 Å². The first-order valence-electron chi connectivity index (χ1n) is 6.87. The summed E-state index contributed by atoms with van der Waals surface area (Å²) in [6.45, 7) is 17.2. The van der Waals surface area contributed by atoms with Crippen LogP contribution in [-0.4, -0.2) is 73.1 Å². The minimum absolute atomic E-state index is 0.744. The van der Waals surface area contributed by atoms with Crippen molar-refractivity contribution < 1.29 is 0 Å². The Kier molecular flexibility index (Phi) is 4.22. The number of hydrogen-bond donors (Lipinski definition) is 0. The molecule has 2 fully saturated rings. The Morgan fingerprint density at radius 3 is 2.06 bits per heavy atom. The highest BCUT2D eigenvalue weighted by atomic mass is 15.3. The summed E-state index contributed by atoms with van der Waals surface area (Å²) in [5.74, 6) is 0.940. The molecule has 2 aliphatic heterocycles. The first-order valence-corrected chi connectivity index (χ1v) is 6.87. The van der Waals surface area contributed by atoms with Gasteiger partial charge in [0.25, 0.3) is 0 Å². The molecular weight excluding hydrogens is 198 g/mol. The quantitative estimate of drug-likeness (QED) is 0.706. The fourth-order valence-corrected chi connectivity index (χ4v) is 2.80. The predicted molar refractivity (Wildman–Crippen MR) is 68.8 cm³/mol. The third kappa shape index (κ3) is 2.96. The van der Waals surface area contributed by atoms with Gasteiger partial charge in [0.2, 0.25) is 0 Å². The van der Waals surface area contributed by atoms with E-state index in [0.717, 1.165) is 12.0 Å². The first kappa shape index (κ1) is 12.3. The molecule has 0 bridgehead atoms. The summed E-state index contributed by atoms with van der Waals surface area (Å²) < 4.78 is 0. The van der Waals surface area contributed by atoms with Gasteiger partial charge >= 0.3 is 0 Å². The van der Waals surface area contributed by atoms with Gasteiger partial charge in [-0.25, -0.2) is 0 Å². The maximum absolute atomic E-state index is 2.66. The highest BCUT2D eigenvalue weighted by Crippen LogP contribution is 2.19. The summed E-state index contributed by atoms with van der Waals surface area (Å²) in [6, 6.07) is 0.744. The molecule has 16 heavy (non-hydrogen) atoms. The van der Waals surface area contributed by atoms with Gasteiger partial charge in [0.1, 0.15) is 0 Å². The van der Waals surface area contributed by atoms with Gasteiger partial charge in [-0.2, -0.15) is 0 Å². The van der Waals surface area contributed by atoms with Crippen LogP contribution in [0.5, 0.6) is 0 Å². The third-order valence-electron chi connectivity index (χ3n) is 4.14. The zero-order valence-electron chi connectivity index (χ0n) is 11.2. The Morgan fingerprint density at radius 1 is 1.00 bits per heavy atom. The molecule has 0 aromatic heterocycles. The second-order valence-electron chi connectivity index (χ2n) is 5.65. The number of likely N-dealkylation sites (tertiary alicyclic amines) is 1. The average Bonchev–Trinajstić information content (AvgIpc) is 2.23. The minimum Gasteiger partial charge on any atom is -0.301 e. The van der Waals surface area contributed by atoms with Gasteiger partial charge in [-0.1, -0.05) is 6.92 Å². The van der Waals surface area contributed by atoms with Gasteiger partial charge in [0.05, 0.1) is 0 Å². The molecule has 3 nitrogen and oxygen atoms in total. The van der Waals surface area contributed by atoms with E-state index in [1.807, 2.05) is 0 Å². The standard InChI is InChI=1S/C13H27N3/c1-4-14-5-7-15(8-6-14)9-13-10-16(11-13)12(2)3/h12-13H,4-11H2,1-3H3. The fraction of sp³-hybridized carbons (Fsp3) is 1.00. The number of likely N-dealkylation sites (N-methyl/N-ethyl adjacent to an activating group) is 1. The lowest BCUT2D eigenvalue weighted by Gasteiger charge is -2.45. The SMILES string of the molecule is CCN1CCN(CC2CN(C(C)C)C2)CC1. The van der Waals surface area contributed by atoms with Gasteiger partial charge in [0, 0.05) is 51.9 Å². The number of piperazine rings is 1. The van der Waals surface area contributed by atoms with Gasteiger partial charge in [0.15, 0.2) is 0 Å². The van der Waals surface area contributed by atoms with Crippen molar-refractivity contribution in [3.8, 4) is 0 Å². The van der Waals surface area contributed by atoms with E-state index in [-0.39, 0.29) is 0 Å². The van der Waals surface area contributed by atoms with Crippen LogP contribution in [0.25, 0.3) is 0 Å². The molecule has 3 heteroatoms. The van der Waals surface area contributed by atoms with Crippen molar-refractivity contribution in [1.82, 2.24) is 14.7 Å². The molecular formula is C13H27N3. The molecule has 0 saturated carbocycles. The minimum atomic E-state index is 0.744. The van der Waals surface area contributed by atoms with Crippen LogP contribution in [-0.2, 0) is 0 Å². The Bertz CT molecular complexity index is 203. The van der Waals surface area contributed by atoms with Crippen LogP contribution in [0.4, 0.5) is 0 Å². The molecule has 2 aliphatic rings. The van der Waals surface area contributed by atoms with Crippen molar-refractivity contribution in [2.24, 2.45) is 5.92 Å². The van der Waals surface area contributed by atoms with Gasteiger partial charge in [-0.3, -0.25) is 0 Å². The van der Waals surface area contributed by atoms with Crippen LogP contribution in [0.3, 0.4) is 0 Å². The van der Waals surface area contributed by atoms with Crippen LogP contribution >= 0.6 is 0 Å². The Morgan fingerprint density at radius 2 is 1.56 bits per heavy atom. The van der Waals surface area contributed by atoms with Crippen molar-refractivity contribution in [3.63, 3.8) is 0 Å². The van der Waals surface area contributed by atoms with E-state index in [2.05, 4.69) is 35.5 Å². The van der Waals surface area contributed by atoms with E-state index in [9.17, 15) is 0 Å². The van der Waals surface area contributed by atoms with Crippen LogP contribution in [0.2, 0.25) is 0 Å². The monoisotopic (exact) mass is 225 g/mol. The maximum atomic E-state index is 2.66. The van der Waals surface area contributed by atoms with Crippen molar-refractivity contribution in [2.75, 3.05) is 52.4 Å². The zero-order chi connectivity index (χ0) is 11.5. The van der Waals surface area contributed by atoms with E-state index in [0.29, 0.717) is 0 Å². The second-order valence-corrected chi connectivity index (χ2v) is 5.65. The second kappa shape index (κ2) is 5.48. The zero-order valence-corrected chi connectivity index (χ0v) is 11.2. The van der Waals surface area contributed by atoms with E-state index in [1.54, 1.807) is 0 Å². The van der Waals surface area contributed by atoms with E-state index in [4.69, 9.17) is 0 Å². The lowest BCUT2D eigenvalue weighted by atomic mass is 9.97. The summed E-state index contributed by atoms with van der Waals surface area (Å²) in [6.07, 6.45) is 0. The number of nitrogens with zero attached hydrogens (tertiary/aromatic N) is 3. The summed E-state index contributed by atoms with van der Waals surface area (Å²) >= 11 is 0. The first-order chi connectivity index (χ1) is 7.69. The third-order valence-corrected chi connectivity index (χ3v) is 4.14. The van der Waals surface area contributed by atoms with E-state index >= 15 is 0 Å². The fourth-order valence-electron chi connectivity index (χ4n) is 2.80. The van der Waals surface area contributed by atoms with Crippen molar-refractivity contribution >= 4 is 0 Å². The molecule has 0 atom stereocenters. The molecule has 0 amide bonds. The molecule has 0 aromatic carbocycles. The summed E-state index contributed by atoms with van der Waals surface area (Å²) in [4.78, 5) is 7.79. The van der Waals surface area contributed by atoms with Gasteiger partial charge in [-0.05, 0) is 26.3 Å². The van der Waals surface area contributed by atoms with Gasteiger partial charge in [-0.15, -0.1) is 0 Å². The normalized spacial score (nSPS) is 26.2. The van der Waals surface area contributed by atoms with Crippen molar-refractivity contribution in [3.05, 3.63) is 0 Å². The summed E-state index contributed by atoms with van der Waals surface area (Å²) in [5, 5.41) is 0. The Balaban J connectivity index is 1.62. The summed E-state index contributed by atoms with van der Waals surface area (Å²) in [7, 11) is 0. The molecule has 94 valence electrons. The van der Waals surface area contributed by atoms with Crippen LogP contribution < -0.4 is 0 Å². The largest absolute Gasteiger partial charge is 0.301 e. The highest BCUT2D eigenvalue weighted by molar-refractivity contribution is 4.85. The smallest absolute Gasteiger partial charge is 0.0110 e. The molecule has 0 aliphatic carbocycles. The predicted octanol–water partition coefficient (Wildman–Crippen LogP) is 0.964. The average molecular weight is 225 g/mol. The van der Waals surface area contributed by atoms with Gasteiger partial charge < -0.3 is 14.7 Å². The van der Waals surface area contributed by atoms with E-state index in [1.165, 1.54) is 52.4 Å². The molecule has 0 N–H and O–H groups in total. The van der Waals surface area contributed by atoms with Crippen LogP contribution in [0.1, 0.15) is 20.8 Å². The lowest BCUT2D eigenvalue weighted by molar-refractivity contribution is 0.0290. The van der Waals surface area contributed by atoms with Crippen LogP contribution in [0, 0.1) is 5.92 Å². The van der Waals surface area contributed by atoms with E-state index < -0.39 is 0 Å². The van der Waals surface area contributed by atoms with Crippen molar-refractivity contribution in [1.29, 1.82) is 0 Å². The lowest BCUT2D eigenvalue weighted by Crippen LogP contribution is -2.56. The molecule has 0 radical (unpaired) electrons. The molecule has 2 rings (SSSR count). The maximum Gasteiger partial charge on any atom is 0.0110 e. The molecule has 0 unspecified atom stereocenters. The Labute approximate surface area is 100 Å². The van der Waals surface area contributed by atoms with Crippen LogP contribution in [0.15, 0.2) is 0 Å². The highest BCUT2D eigenvalue weighted by Gasteiger charge is 2.30. The topological polar surface area (TPSA) is 9.72 Å². The number of rotatable bonds is 4. The molecule has 0 aromatic rings. The number of hydrogen-bond acceptors (Lipinski definition) is 3. The molecule has 2 saturated heterocycles. The molecule has 2 heterocycles. The summed E-state index contributed by atoms with van der Waals surface area (Å²) in [5.41, 5.74) is 0.